The Morgan fingerprint density at radius 3 is 3.00 bits per heavy atom. The molecule has 0 saturated heterocycles. The maximum atomic E-state index is 4.09. The molecule has 0 aromatic heterocycles. The van der Waals surface area contributed by atoms with Crippen molar-refractivity contribution in [3.05, 3.63) is 24.3 Å². The fraction of sp³-hybridized carbons (Fsp3) is 0.143. The van der Waals surface area contributed by atoms with Crippen LogP contribution in [0.3, 0.4) is 0 Å². The summed E-state index contributed by atoms with van der Waals surface area (Å²) in [4.78, 5) is 8.14. The first-order valence-electron chi connectivity index (χ1n) is 2.91. The van der Waals surface area contributed by atoms with Gasteiger partial charge in [-0.2, -0.15) is 0 Å². The van der Waals surface area contributed by atoms with Crippen molar-refractivity contribution in [1.82, 2.24) is 0 Å². The Labute approximate surface area is 102 Å². The SMILES string of the molecule is C1=CC2=NC=NC2C=C1.[KH]. The number of hydrogen-bond acceptors (Lipinski definition) is 2. The van der Waals surface area contributed by atoms with Gasteiger partial charge in [0.1, 0.15) is 12.4 Å². The number of hydrogen-bond donors (Lipinski definition) is 0. The van der Waals surface area contributed by atoms with E-state index in [2.05, 4.69) is 9.98 Å². The normalized spacial score (nSPS) is 25.6. The number of rotatable bonds is 0. The predicted molar refractivity (Wildman–Crippen MR) is 45.1 cm³/mol. The summed E-state index contributed by atoms with van der Waals surface area (Å²) in [6.07, 6.45) is 9.59. The van der Waals surface area contributed by atoms with Gasteiger partial charge in [0.2, 0.25) is 0 Å². The molecule has 0 aromatic carbocycles. The van der Waals surface area contributed by atoms with E-state index in [0.717, 1.165) is 5.71 Å². The molecule has 2 rings (SSSR count). The molecule has 0 bridgehead atoms. The minimum absolute atomic E-state index is 0. The molecule has 0 N–H and O–H groups in total. The summed E-state index contributed by atoms with van der Waals surface area (Å²) in [7, 11) is 0. The van der Waals surface area contributed by atoms with E-state index in [1.165, 1.54) is 0 Å². The van der Waals surface area contributed by atoms with Gasteiger partial charge in [0.15, 0.2) is 0 Å². The predicted octanol–water partition coefficient (Wildman–Crippen LogP) is 0.315. The Bertz CT molecular complexity index is 238. The Morgan fingerprint density at radius 2 is 2.20 bits per heavy atom. The maximum absolute atomic E-state index is 4.09. The van der Waals surface area contributed by atoms with Gasteiger partial charge in [-0.3, -0.25) is 4.99 Å². The minimum atomic E-state index is 0. The summed E-state index contributed by atoms with van der Waals surface area (Å²) in [5, 5.41) is 0. The third kappa shape index (κ3) is 1.54. The van der Waals surface area contributed by atoms with Gasteiger partial charge < -0.3 is 0 Å². The van der Waals surface area contributed by atoms with Crippen molar-refractivity contribution in [2.24, 2.45) is 9.98 Å². The van der Waals surface area contributed by atoms with E-state index >= 15 is 0 Å². The second-order valence-corrected chi connectivity index (χ2v) is 2.01. The van der Waals surface area contributed by atoms with Crippen molar-refractivity contribution in [2.75, 3.05) is 0 Å². The standard InChI is InChI=1S/C7H6N2.K.H/c1-2-4-7-6(3-1)8-5-9-7;;/h1-6H;;. The van der Waals surface area contributed by atoms with Crippen molar-refractivity contribution in [2.45, 2.75) is 6.04 Å². The number of aliphatic imine (C=N–C) groups is 2. The van der Waals surface area contributed by atoms with Gasteiger partial charge in [-0.25, -0.2) is 4.99 Å². The topological polar surface area (TPSA) is 24.7 Å². The van der Waals surface area contributed by atoms with E-state index in [-0.39, 0.29) is 57.4 Å². The zero-order valence-corrected chi connectivity index (χ0v) is 4.86. The van der Waals surface area contributed by atoms with Crippen molar-refractivity contribution >= 4 is 63.4 Å². The van der Waals surface area contributed by atoms with Gasteiger partial charge in [0, 0.05) is 0 Å². The van der Waals surface area contributed by atoms with Crippen molar-refractivity contribution in [3.8, 4) is 0 Å². The Hall–Kier alpha value is 0.456. The molecular formula is C7H7KN2. The van der Waals surface area contributed by atoms with E-state index in [0.29, 0.717) is 0 Å². The van der Waals surface area contributed by atoms with Crippen molar-refractivity contribution in [1.29, 1.82) is 0 Å². The first-order chi connectivity index (χ1) is 4.47. The molecule has 1 heterocycles. The first-order valence-corrected chi connectivity index (χ1v) is 2.91. The van der Waals surface area contributed by atoms with Crippen LogP contribution in [0.15, 0.2) is 34.3 Å². The van der Waals surface area contributed by atoms with Gasteiger partial charge >= 0.3 is 51.4 Å². The molecule has 1 aliphatic heterocycles. The zero-order chi connectivity index (χ0) is 6.10. The van der Waals surface area contributed by atoms with Crippen LogP contribution in [0.4, 0.5) is 0 Å². The van der Waals surface area contributed by atoms with E-state index in [1.54, 1.807) is 6.34 Å². The fourth-order valence-corrected chi connectivity index (χ4v) is 0.938. The molecule has 2 aliphatic rings. The fourth-order valence-electron chi connectivity index (χ4n) is 0.938. The first kappa shape index (κ1) is 8.55. The Morgan fingerprint density at radius 1 is 1.30 bits per heavy atom. The van der Waals surface area contributed by atoms with Gasteiger partial charge in [-0.15, -0.1) is 0 Å². The van der Waals surface area contributed by atoms with Crippen LogP contribution < -0.4 is 0 Å². The van der Waals surface area contributed by atoms with E-state index in [4.69, 9.17) is 0 Å². The van der Waals surface area contributed by atoms with Gasteiger partial charge in [-0.05, 0) is 6.08 Å². The second-order valence-electron chi connectivity index (χ2n) is 2.01. The van der Waals surface area contributed by atoms with Crippen LogP contribution in [-0.4, -0.2) is 69.5 Å². The van der Waals surface area contributed by atoms with Crippen molar-refractivity contribution < 1.29 is 0 Å². The number of nitrogens with zero attached hydrogens (tertiary/aromatic N) is 2. The molecule has 1 unspecified atom stereocenters. The van der Waals surface area contributed by atoms with E-state index in [9.17, 15) is 0 Å². The molecule has 0 radical (unpaired) electrons. The molecule has 0 fully saturated rings. The van der Waals surface area contributed by atoms with Crippen molar-refractivity contribution in [3.63, 3.8) is 0 Å². The molecule has 1 aliphatic carbocycles. The molecule has 1 atom stereocenters. The van der Waals surface area contributed by atoms with Gasteiger partial charge in [0.25, 0.3) is 0 Å². The summed E-state index contributed by atoms with van der Waals surface area (Å²) < 4.78 is 0. The van der Waals surface area contributed by atoms with Crippen LogP contribution in [0.1, 0.15) is 0 Å². The molecule has 0 amide bonds. The van der Waals surface area contributed by atoms with E-state index < -0.39 is 0 Å². The van der Waals surface area contributed by atoms with Crippen LogP contribution in [0, 0.1) is 0 Å². The van der Waals surface area contributed by atoms with Gasteiger partial charge in [0.05, 0.1) is 5.71 Å². The van der Waals surface area contributed by atoms with Crippen LogP contribution >= 0.6 is 0 Å². The monoisotopic (exact) mass is 158 g/mol. The molecule has 0 spiro atoms. The average molecular weight is 158 g/mol. The Kier molecular flexibility index (Phi) is 3.19. The molecule has 2 nitrogen and oxygen atoms in total. The van der Waals surface area contributed by atoms with Crippen LogP contribution in [0.2, 0.25) is 0 Å². The Balaban J connectivity index is 0.000000500. The molecule has 0 saturated carbocycles. The summed E-state index contributed by atoms with van der Waals surface area (Å²) in [5.41, 5.74) is 1.05. The second kappa shape index (κ2) is 3.73. The summed E-state index contributed by atoms with van der Waals surface area (Å²) in [5.74, 6) is 0. The van der Waals surface area contributed by atoms with Gasteiger partial charge in [-0.1, -0.05) is 18.2 Å². The molecule has 46 valence electrons. The number of fused-ring (bicyclic) bond motifs is 1. The van der Waals surface area contributed by atoms with Crippen LogP contribution in [0.5, 0.6) is 0 Å². The average Bonchev–Trinajstić information content (AvgIpc) is 2.33. The van der Waals surface area contributed by atoms with Crippen LogP contribution in [0.25, 0.3) is 0 Å². The summed E-state index contributed by atoms with van der Waals surface area (Å²) >= 11 is 0. The third-order valence-electron chi connectivity index (χ3n) is 1.41. The molecule has 3 heteroatoms. The summed E-state index contributed by atoms with van der Waals surface area (Å²) in [6, 6.07) is 0.218. The third-order valence-corrected chi connectivity index (χ3v) is 1.41. The molecular weight excluding hydrogens is 151 g/mol. The van der Waals surface area contributed by atoms with E-state index in [1.807, 2.05) is 24.3 Å². The molecule has 0 aromatic rings. The quantitative estimate of drug-likeness (QED) is 0.453. The van der Waals surface area contributed by atoms with Crippen LogP contribution in [-0.2, 0) is 0 Å². The number of allylic oxidation sites excluding steroid dienone is 2. The summed E-state index contributed by atoms with van der Waals surface area (Å²) in [6.45, 7) is 0. The molecule has 10 heavy (non-hydrogen) atoms. The zero-order valence-electron chi connectivity index (χ0n) is 4.86.